The maximum absolute atomic E-state index is 4.83. The van der Waals surface area contributed by atoms with Crippen LogP contribution in [0.15, 0.2) is 0 Å². The third-order valence-electron chi connectivity index (χ3n) is 2.22. The van der Waals surface area contributed by atoms with Gasteiger partial charge in [-0.3, -0.25) is 0 Å². The highest BCUT2D eigenvalue weighted by atomic mass is 33.6. The Morgan fingerprint density at radius 1 is 0.0602 bits per heavy atom. The van der Waals surface area contributed by atoms with Crippen molar-refractivity contribution >= 4 is 742 Å². The summed E-state index contributed by atoms with van der Waals surface area (Å²) in [6, 6.07) is 0. The van der Waals surface area contributed by atoms with Crippen molar-refractivity contribution in [2.75, 3.05) is 0 Å². The summed E-state index contributed by atoms with van der Waals surface area (Å²) in [5.41, 5.74) is 0. The zero-order chi connectivity index (χ0) is 59.3. The van der Waals surface area contributed by atoms with E-state index in [-0.39, 0.29) is 0 Å². The number of hydrogen-bond acceptors (Lipinski definition) is 2. The van der Waals surface area contributed by atoms with Crippen LogP contribution in [-0.4, -0.2) is 0 Å². The first kappa shape index (κ1) is 101. The molecule has 0 aromatic carbocycles. The highest BCUT2D eigenvalue weighted by Crippen LogP contribution is 1.49. The molecule has 0 aliphatic rings. The standard InChI is InChI=1S/S83/c1-3-5-7-9-11-13-15-17-19-21-23-25-27-29-31-33-35-37-39-41-43-45-47-49-51-53-55-57-59-61-63-65-67-69-71-73-75-77-79-81-83-82-80-78-76-74-72-70-68-66-64-62-60-58-56-54-52-50-48-46-44-42-40-38-36-34-32-30-28-26-24-22-20-18-16-14-12-10-8-6-4-2. The van der Waals surface area contributed by atoms with Gasteiger partial charge in [0.05, 0.1) is 0 Å². The minimum Gasteiger partial charge on any atom is 0 e. The fourth-order valence-corrected chi connectivity index (χ4v) is 218. The molecule has 498 valence electrons. The van der Waals surface area contributed by atoms with Gasteiger partial charge in [-0.05, 0) is 0 Å². The van der Waals surface area contributed by atoms with Gasteiger partial charge in [0.2, 0.25) is 0 Å². The Labute approximate surface area is 718 Å². The summed E-state index contributed by atoms with van der Waals surface area (Å²) in [7, 11) is 146. The average molecular weight is 2660 g/mol. The molecule has 0 aromatic rings. The van der Waals surface area contributed by atoms with Gasteiger partial charge >= 0.3 is 0 Å². The smallest absolute Gasteiger partial charge is 0 e. The molecule has 0 amide bonds. The van der Waals surface area contributed by atoms with Crippen LogP contribution < -0.4 is 0 Å². The third-order valence-corrected chi connectivity index (χ3v) is 180. The highest BCUT2D eigenvalue weighted by Gasteiger charge is 1.49. The Balaban J connectivity index is 6.16. The van der Waals surface area contributed by atoms with Crippen LogP contribution in [0.1, 0.15) is 0 Å². The lowest BCUT2D eigenvalue weighted by Gasteiger charge is -1.41. The Bertz CT molecular complexity index is 5990. The van der Waals surface area contributed by atoms with E-state index < -0.39 is 0 Å². The molecule has 83 heavy (non-hydrogen) atoms. The van der Waals surface area contributed by atoms with Crippen molar-refractivity contribution in [2.24, 2.45) is 0 Å². The minimum atomic E-state index is 1.37. The molecule has 0 rings (SSSR count). The van der Waals surface area contributed by atoms with Gasteiger partial charge in [0.15, 0.2) is 0 Å². The van der Waals surface area contributed by atoms with Gasteiger partial charge in [-0.25, -0.2) is 0 Å². The first-order chi connectivity index (χ1) is 41.4. The van der Waals surface area contributed by atoms with Gasteiger partial charge in [-0.15, -0.1) is 0 Å². The molecule has 0 radical (unpaired) electrons. The van der Waals surface area contributed by atoms with Gasteiger partial charge in [0, 0.05) is 742 Å². The molecule has 0 unspecified atom stereocenters. The van der Waals surface area contributed by atoms with Crippen molar-refractivity contribution in [3.63, 3.8) is 0 Å². The van der Waals surface area contributed by atoms with Crippen molar-refractivity contribution in [3.05, 3.63) is 0 Å². The molecular weight excluding hydrogens is 2660 g/mol. The molecule has 0 bridgehead atoms. The van der Waals surface area contributed by atoms with Crippen LogP contribution in [0.5, 0.6) is 0 Å². The van der Waals surface area contributed by atoms with Gasteiger partial charge in [0.25, 0.3) is 0 Å². The molecule has 0 N–H and O–H groups in total. The zero-order valence-corrected chi connectivity index (χ0v) is 102. The molecule has 0 saturated carbocycles. The van der Waals surface area contributed by atoms with E-state index in [1.54, 1.807) is 107 Å². The molecule has 83 heteroatoms. The van der Waals surface area contributed by atoms with E-state index in [9.17, 15) is 0 Å². The minimum absolute atomic E-state index is 1.37. The second-order valence-electron chi connectivity index (χ2n) is 5.51. The van der Waals surface area contributed by atoms with Crippen molar-refractivity contribution in [3.8, 4) is 0 Å². The monoisotopic (exact) mass is 2650 g/mol. The van der Waals surface area contributed by atoms with Crippen molar-refractivity contribution in [1.29, 1.82) is 0 Å². The molecule has 0 aromatic heterocycles. The predicted octanol–water partition coefficient (Wildman–Crippen LogP) is -0.199. The average Bonchev–Trinajstić information content (AvgIpc) is 3.49. The van der Waals surface area contributed by atoms with E-state index in [2.05, 4.69) is 0 Å². The number of rotatable bonds is 0. The third kappa shape index (κ3) is 100. The van der Waals surface area contributed by atoms with Gasteiger partial charge in [0.1, 0.15) is 0 Å². The van der Waals surface area contributed by atoms with Gasteiger partial charge < -0.3 is 0 Å². The van der Waals surface area contributed by atoms with Crippen LogP contribution in [0.2, 0.25) is 0 Å². The fourth-order valence-electron chi connectivity index (χ4n) is 0.896. The fraction of sp³-hybridized carbons (Fsp3) is 0. The second-order valence-corrected chi connectivity index (χ2v) is 149. The summed E-state index contributed by atoms with van der Waals surface area (Å²) in [4.78, 5) is 0. The van der Waals surface area contributed by atoms with E-state index in [4.69, 9.17) is 22.4 Å². The Morgan fingerprint density at radius 3 is 0.133 bits per heavy atom. The Kier molecular flexibility index (Phi) is 122. The van der Waals surface area contributed by atoms with E-state index in [1.165, 1.54) is 17.8 Å². The molecule has 0 fully saturated rings. The first-order valence-corrected chi connectivity index (χ1v) is 123. The first-order valence-electron chi connectivity index (χ1n) is 13.7. The summed E-state index contributed by atoms with van der Waals surface area (Å²) in [5.74, 6) is 0. The van der Waals surface area contributed by atoms with Gasteiger partial charge in [-0.2, -0.15) is 0 Å². The van der Waals surface area contributed by atoms with Crippen molar-refractivity contribution < 1.29 is 0 Å². The molecule has 0 spiro atoms. The van der Waals surface area contributed by atoms with E-state index in [1.807, 2.05) is 595 Å². The van der Waals surface area contributed by atoms with Crippen LogP contribution >= 0.6 is 0 Å². The second kappa shape index (κ2) is 100. The molecule has 0 nitrogen and oxygen atoms in total. The predicted molar refractivity (Wildman–Crippen MR) is 611 cm³/mol. The van der Waals surface area contributed by atoms with E-state index >= 15 is 0 Å². The molecular formula is S83. The van der Waals surface area contributed by atoms with E-state index in [0.717, 1.165) is 0 Å². The van der Waals surface area contributed by atoms with Crippen LogP contribution in [0.3, 0.4) is 0 Å². The van der Waals surface area contributed by atoms with Crippen LogP contribution in [0, 0.1) is 0 Å². The summed E-state index contributed by atoms with van der Waals surface area (Å²) in [6.45, 7) is 0. The molecule has 0 atom stereocenters. The molecule has 0 aliphatic heterocycles. The van der Waals surface area contributed by atoms with Crippen molar-refractivity contribution in [1.82, 2.24) is 0 Å². The zero-order valence-electron chi connectivity index (χ0n) is 33.9. The number of hydrogen-bond donors (Lipinski definition) is 0. The maximum Gasteiger partial charge on any atom is 0 e. The van der Waals surface area contributed by atoms with E-state index in [0.29, 0.717) is 0 Å². The van der Waals surface area contributed by atoms with Crippen molar-refractivity contribution in [2.45, 2.75) is 0 Å². The molecule has 0 saturated heterocycles. The van der Waals surface area contributed by atoms with Crippen LogP contribution in [0.4, 0.5) is 0 Å². The quantitative estimate of drug-likeness (QED) is 0.331. The highest BCUT2D eigenvalue weighted by molar-refractivity contribution is 8.85. The molecule has 0 aliphatic carbocycles. The normalized spacial score (nSPS) is 7.86. The SMILES string of the molecule is S=S=S=S=S=S=S=S=S=S=S=S=S=S=S=S=S=S=S=S=S=S=S=S=S=S=S=S=S=S=S=S=S=S=S=S=S=S=S=S=S=S=S=S=S=S=S=S=S=S=S=S=S=S=S=S=S=S=S=S=S=S=S=S=S=S=S=S=S=S=S=S=S=S=S=S=S=S=S=S=S=S=S. The maximum atomic E-state index is 4.83. The van der Waals surface area contributed by atoms with Crippen LogP contribution in [-0.2, 0) is 742 Å². The lowest BCUT2D eigenvalue weighted by atomic mass is 30.7. The Morgan fingerprint density at radius 2 is 0.0964 bits per heavy atom. The Hall–Kier alpha value is 18.3. The van der Waals surface area contributed by atoms with Crippen LogP contribution in [0.25, 0.3) is 0 Å². The lowest BCUT2D eigenvalue weighted by Crippen LogP contribution is -1.41. The largest absolute Gasteiger partial charge is 0 e. The van der Waals surface area contributed by atoms with Gasteiger partial charge in [-0.1, -0.05) is 0 Å². The lowest BCUT2D eigenvalue weighted by molar-refractivity contribution is 5.95. The summed E-state index contributed by atoms with van der Waals surface area (Å²) in [6.07, 6.45) is 0. The summed E-state index contributed by atoms with van der Waals surface area (Å²) in [5, 5.41) is 0. The summed E-state index contributed by atoms with van der Waals surface area (Å²) < 4.78 is 0. The molecule has 0 heterocycles. The topological polar surface area (TPSA) is 0 Å². The summed E-state index contributed by atoms with van der Waals surface area (Å²) >= 11 is 9.65.